The van der Waals surface area contributed by atoms with E-state index < -0.39 is 24.4 Å². The lowest BCUT2D eigenvalue weighted by atomic mass is 10.1. The van der Waals surface area contributed by atoms with Crippen molar-refractivity contribution in [2.75, 3.05) is 31.2 Å². The Hall–Kier alpha value is -4.36. The molecule has 2 unspecified atom stereocenters. The van der Waals surface area contributed by atoms with Crippen LogP contribution < -0.4 is 36.4 Å². The van der Waals surface area contributed by atoms with Gasteiger partial charge in [0.1, 0.15) is 12.4 Å². The standard InChI is InChI=1S/C31H38N5O7/c1-2-40-28(30(39)43-35-23(29(37)38)8-7-17-34-31(32)33)20-21-13-15-22(16-14-21)41-19-18-36-24-9-3-5-11-26(24)42-27-12-6-4-10-25(27)36/h3-6,9-16,23,28,30,35H,2,7-8,17-20H2,1H3,(H,37,38)(H4,32,33,34)/q-1/p+1/t23?,28-,30?/m1/s1. The Morgan fingerprint density at radius 1 is 1.05 bits per heavy atom. The fourth-order valence-corrected chi connectivity index (χ4v) is 4.71. The van der Waals surface area contributed by atoms with Crippen molar-refractivity contribution in [2.45, 2.75) is 44.6 Å². The molecule has 0 saturated carbocycles. The van der Waals surface area contributed by atoms with Gasteiger partial charge in [-0.05, 0) is 55.3 Å². The number of benzene rings is 3. The zero-order valence-corrected chi connectivity index (χ0v) is 24.1. The zero-order valence-electron chi connectivity index (χ0n) is 24.1. The highest BCUT2D eigenvalue weighted by atomic mass is 16.7. The number of ether oxygens (including phenoxy) is 3. The van der Waals surface area contributed by atoms with Gasteiger partial charge in [-0.2, -0.15) is 5.48 Å². The van der Waals surface area contributed by atoms with Crippen LogP contribution in [0.2, 0.25) is 0 Å². The van der Waals surface area contributed by atoms with Crippen molar-refractivity contribution in [3.8, 4) is 17.2 Å². The number of hydrogen-bond donors (Lipinski definition) is 4. The molecule has 1 aliphatic heterocycles. The molecule has 0 aromatic heterocycles. The Bertz CT molecular complexity index is 1300. The second-order valence-corrected chi connectivity index (χ2v) is 9.91. The number of aliphatic carboxylic acids is 1. The summed E-state index contributed by atoms with van der Waals surface area (Å²) in [7, 11) is 0. The highest BCUT2D eigenvalue weighted by molar-refractivity contribution is 5.77. The lowest BCUT2D eigenvalue weighted by Crippen LogP contribution is -2.93. The van der Waals surface area contributed by atoms with Gasteiger partial charge in [0.2, 0.25) is 6.04 Å². The largest absolute Gasteiger partial charge is 0.825 e. The van der Waals surface area contributed by atoms with Crippen LogP contribution in [0.15, 0.2) is 77.8 Å². The van der Waals surface area contributed by atoms with Crippen molar-refractivity contribution in [1.29, 1.82) is 0 Å². The number of carboxylic acids is 1. The third-order valence-electron chi connectivity index (χ3n) is 6.82. The number of hydrogen-bond acceptors (Lipinski definition) is 8. The molecule has 0 fully saturated rings. The number of fused-ring (bicyclic) bond motifs is 2. The van der Waals surface area contributed by atoms with E-state index in [-0.39, 0.29) is 18.9 Å². The van der Waals surface area contributed by atoms with E-state index in [4.69, 9.17) is 30.5 Å². The number of carbonyl (C=O) groups is 1. The number of anilines is 2. The van der Waals surface area contributed by atoms with Crippen molar-refractivity contribution in [2.24, 2.45) is 16.5 Å². The number of quaternary nitrogens is 1. The number of aliphatic imine (C=N–C) groups is 1. The maximum atomic E-state index is 12.8. The van der Waals surface area contributed by atoms with Gasteiger partial charge in [-0.15, -0.1) is 0 Å². The summed E-state index contributed by atoms with van der Waals surface area (Å²) in [6.07, 6.45) is -1.47. The van der Waals surface area contributed by atoms with Crippen molar-refractivity contribution in [1.82, 2.24) is 0 Å². The molecule has 0 saturated heterocycles. The first-order chi connectivity index (χ1) is 20.9. The molecule has 12 nitrogen and oxygen atoms in total. The van der Waals surface area contributed by atoms with E-state index in [1.54, 1.807) is 6.92 Å². The van der Waals surface area contributed by atoms with Gasteiger partial charge in [-0.3, -0.25) is 4.99 Å². The van der Waals surface area contributed by atoms with Gasteiger partial charge < -0.3 is 40.8 Å². The third kappa shape index (κ3) is 9.06. The van der Waals surface area contributed by atoms with Crippen molar-refractivity contribution < 1.29 is 39.5 Å². The van der Waals surface area contributed by atoms with Crippen LogP contribution in [0.25, 0.3) is 0 Å². The number of nitrogens with two attached hydrogens (primary N) is 3. The van der Waals surface area contributed by atoms with Gasteiger partial charge in [-0.1, -0.05) is 36.4 Å². The van der Waals surface area contributed by atoms with Gasteiger partial charge in [-0.25, -0.2) is 9.63 Å². The average Bonchev–Trinajstić information content (AvgIpc) is 3.00. The molecule has 0 amide bonds. The molecule has 4 rings (SSSR count). The molecular weight excluding hydrogens is 554 g/mol. The maximum absolute atomic E-state index is 12.8. The normalized spacial score (nSPS) is 14.0. The minimum Gasteiger partial charge on any atom is -0.825 e. The summed E-state index contributed by atoms with van der Waals surface area (Å²) in [6, 6.07) is 22.3. The van der Waals surface area contributed by atoms with Crippen LogP contribution >= 0.6 is 0 Å². The highest BCUT2D eigenvalue weighted by Gasteiger charge is 2.25. The fourth-order valence-electron chi connectivity index (χ4n) is 4.71. The fraction of sp³-hybridized carbons (Fsp3) is 0.355. The third-order valence-corrected chi connectivity index (χ3v) is 6.82. The molecule has 0 aliphatic carbocycles. The SMILES string of the molecule is CCO[C@H](Cc1ccc(OCCN2c3ccccc3Oc3ccccc32)cc1)C([O-])O[NH2+]C(CCCN=C(N)N)C(=O)O. The summed E-state index contributed by atoms with van der Waals surface area (Å²) in [5.41, 5.74) is 14.5. The molecule has 1 aliphatic rings. The maximum Gasteiger partial charge on any atom is 0.365 e. The van der Waals surface area contributed by atoms with Crippen molar-refractivity contribution >= 4 is 23.3 Å². The van der Waals surface area contributed by atoms with E-state index in [9.17, 15) is 15.0 Å². The Balaban J connectivity index is 1.29. The molecule has 43 heavy (non-hydrogen) atoms. The smallest absolute Gasteiger partial charge is 0.365 e. The van der Waals surface area contributed by atoms with Crippen LogP contribution in [-0.4, -0.2) is 61.8 Å². The summed E-state index contributed by atoms with van der Waals surface area (Å²) in [4.78, 5) is 22.9. The Morgan fingerprint density at radius 2 is 1.70 bits per heavy atom. The predicted octanol–water partition coefficient (Wildman–Crippen LogP) is 1.65. The topological polar surface area (TPSA) is 182 Å². The van der Waals surface area contributed by atoms with E-state index in [0.29, 0.717) is 38.3 Å². The second kappa shape index (κ2) is 15.8. The van der Waals surface area contributed by atoms with E-state index in [0.717, 1.165) is 33.9 Å². The number of carboxylic acid groups (broad SMARTS) is 1. The van der Waals surface area contributed by atoms with E-state index in [2.05, 4.69) is 9.89 Å². The van der Waals surface area contributed by atoms with E-state index >= 15 is 0 Å². The quantitative estimate of drug-likeness (QED) is 0.0590. The molecule has 1 heterocycles. The molecule has 0 spiro atoms. The predicted molar refractivity (Wildman–Crippen MR) is 159 cm³/mol. The van der Waals surface area contributed by atoms with Gasteiger partial charge in [0, 0.05) is 26.0 Å². The Labute approximate surface area is 250 Å². The number of para-hydroxylation sites is 4. The molecule has 12 heteroatoms. The number of nitrogens with zero attached hydrogens (tertiary/aromatic N) is 2. The minimum absolute atomic E-state index is 0.0591. The van der Waals surface area contributed by atoms with Crippen LogP contribution in [0.1, 0.15) is 25.3 Å². The summed E-state index contributed by atoms with van der Waals surface area (Å²) in [5, 5.41) is 22.3. The first kappa shape index (κ1) is 31.6. The summed E-state index contributed by atoms with van der Waals surface area (Å²) < 4.78 is 17.8. The summed E-state index contributed by atoms with van der Waals surface area (Å²) in [5.74, 6) is 1.14. The van der Waals surface area contributed by atoms with Gasteiger partial charge in [0.15, 0.2) is 17.5 Å². The number of rotatable bonds is 17. The molecule has 7 N–H and O–H groups in total. The molecule has 0 bridgehead atoms. The van der Waals surface area contributed by atoms with Gasteiger partial charge in [0.05, 0.1) is 30.3 Å². The first-order valence-electron chi connectivity index (χ1n) is 14.2. The van der Waals surface area contributed by atoms with E-state index in [1.807, 2.05) is 72.8 Å². The first-order valence-corrected chi connectivity index (χ1v) is 14.2. The van der Waals surface area contributed by atoms with Crippen LogP contribution in [0, 0.1) is 0 Å². The second-order valence-electron chi connectivity index (χ2n) is 9.91. The number of guanidine groups is 1. The monoisotopic (exact) mass is 593 g/mol. The molecule has 3 atom stereocenters. The lowest BCUT2D eigenvalue weighted by molar-refractivity contribution is -0.946. The van der Waals surface area contributed by atoms with E-state index in [1.165, 1.54) is 0 Å². The molecule has 3 aromatic carbocycles. The molecule has 3 aromatic rings. The minimum atomic E-state index is -1.60. The molecule has 230 valence electrons. The Morgan fingerprint density at radius 3 is 2.30 bits per heavy atom. The summed E-state index contributed by atoms with van der Waals surface area (Å²) in [6.45, 7) is 3.44. The average molecular weight is 594 g/mol. The number of hydroxylamine groups is 1. The highest BCUT2D eigenvalue weighted by Crippen LogP contribution is 2.45. The van der Waals surface area contributed by atoms with Crippen LogP contribution in [0.3, 0.4) is 0 Å². The van der Waals surface area contributed by atoms with Crippen LogP contribution in [0.4, 0.5) is 11.4 Å². The molecule has 0 radical (unpaired) electrons. The van der Waals surface area contributed by atoms with Crippen LogP contribution in [-0.2, 0) is 20.8 Å². The van der Waals surface area contributed by atoms with Crippen molar-refractivity contribution in [3.05, 3.63) is 78.4 Å². The Kier molecular flexibility index (Phi) is 11.6. The zero-order chi connectivity index (χ0) is 30.6. The summed E-state index contributed by atoms with van der Waals surface area (Å²) >= 11 is 0. The molecular formula is C31H39N5O7. The van der Waals surface area contributed by atoms with Crippen molar-refractivity contribution in [3.63, 3.8) is 0 Å². The lowest BCUT2D eigenvalue weighted by Gasteiger charge is -2.32. The van der Waals surface area contributed by atoms with Crippen LogP contribution in [0.5, 0.6) is 17.2 Å². The van der Waals surface area contributed by atoms with Gasteiger partial charge in [0.25, 0.3) is 0 Å². The van der Waals surface area contributed by atoms with Gasteiger partial charge >= 0.3 is 5.97 Å².